The topological polar surface area (TPSA) is 110 Å². The molecule has 0 spiro atoms. The highest BCUT2D eigenvalue weighted by atomic mass is 32.2. The number of sulfonamides is 1. The lowest BCUT2D eigenvalue weighted by atomic mass is 10.2. The maximum atomic E-state index is 12.8. The number of carboxylic acids is 1. The van der Waals surface area contributed by atoms with Crippen molar-refractivity contribution < 1.29 is 22.7 Å². The van der Waals surface area contributed by atoms with Crippen LogP contribution in [-0.2, 0) is 21.4 Å². The highest BCUT2D eigenvalue weighted by Crippen LogP contribution is 2.23. The van der Waals surface area contributed by atoms with Gasteiger partial charge in [-0.15, -0.1) is 0 Å². The van der Waals surface area contributed by atoms with Gasteiger partial charge >= 0.3 is 11.7 Å². The summed E-state index contributed by atoms with van der Waals surface area (Å²) in [4.78, 5) is 22.6. The van der Waals surface area contributed by atoms with Gasteiger partial charge in [-0.1, -0.05) is 12.8 Å². The lowest BCUT2D eigenvalue weighted by molar-refractivity contribution is -0.137. The molecule has 8 nitrogen and oxygen atoms in total. The van der Waals surface area contributed by atoms with E-state index in [0.717, 1.165) is 30.3 Å². The summed E-state index contributed by atoms with van der Waals surface area (Å²) in [5, 5.41) is 8.85. The van der Waals surface area contributed by atoms with Gasteiger partial charge in [0, 0.05) is 19.2 Å². The Kier molecular flexibility index (Phi) is 4.46. The van der Waals surface area contributed by atoms with E-state index in [1.807, 2.05) is 0 Å². The van der Waals surface area contributed by atoms with Crippen LogP contribution >= 0.6 is 0 Å². The van der Waals surface area contributed by atoms with E-state index in [9.17, 15) is 18.0 Å². The molecule has 9 heteroatoms. The zero-order chi connectivity index (χ0) is 17.3. The summed E-state index contributed by atoms with van der Waals surface area (Å²) in [5.74, 6) is -2.00. The fourth-order valence-electron chi connectivity index (χ4n) is 2.92. The minimum Gasteiger partial charge on any atom is -0.480 e. The molecule has 0 bridgehead atoms. The number of carboxylic acid groups (broad SMARTS) is 1. The van der Waals surface area contributed by atoms with Crippen molar-refractivity contribution in [3.05, 3.63) is 28.7 Å². The van der Waals surface area contributed by atoms with Crippen LogP contribution in [0.4, 0.5) is 0 Å². The molecule has 2 heterocycles. The molecular weight excluding hydrogens is 336 g/mol. The highest BCUT2D eigenvalue weighted by Gasteiger charge is 2.26. The van der Waals surface area contributed by atoms with Crippen LogP contribution in [0.15, 0.2) is 32.3 Å². The Morgan fingerprint density at radius 3 is 2.46 bits per heavy atom. The monoisotopic (exact) mass is 354 g/mol. The standard InChI is InChI=1S/C15H18N2O6S/c18-14(19)10-17-12-6-5-11(9-13(12)23-15(17)20)24(21,22)16-7-3-1-2-4-8-16/h5-6,9H,1-4,7-8,10H2,(H,18,19). The molecule has 24 heavy (non-hydrogen) atoms. The van der Waals surface area contributed by atoms with Gasteiger partial charge < -0.3 is 9.52 Å². The van der Waals surface area contributed by atoms with Gasteiger partial charge in [0.2, 0.25) is 10.0 Å². The Bertz CT molecular complexity index is 919. The minimum atomic E-state index is -3.66. The first kappa shape index (κ1) is 16.7. The second-order valence-corrected chi connectivity index (χ2v) is 7.73. The maximum Gasteiger partial charge on any atom is 0.420 e. The number of nitrogens with zero attached hydrogens (tertiary/aromatic N) is 2. The number of carbonyl (C=O) groups is 1. The second-order valence-electron chi connectivity index (χ2n) is 5.80. The highest BCUT2D eigenvalue weighted by molar-refractivity contribution is 7.89. The van der Waals surface area contributed by atoms with E-state index in [2.05, 4.69) is 0 Å². The van der Waals surface area contributed by atoms with Gasteiger partial charge in [-0.05, 0) is 25.0 Å². The summed E-state index contributed by atoms with van der Waals surface area (Å²) in [7, 11) is -3.66. The van der Waals surface area contributed by atoms with E-state index in [1.54, 1.807) is 0 Å². The number of oxazole rings is 1. The van der Waals surface area contributed by atoms with Gasteiger partial charge in [0.15, 0.2) is 5.58 Å². The molecule has 1 fully saturated rings. The third-order valence-corrected chi connectivity index (χ3v) is 6.03. The fraction of sp³-hybridized carbons (Fsp3) is 0.467. The van der Waals surface area contributed by atoms with Crippen LogP contribution in [0.1, 0.15) is 25.7 Å². The maximum absolute atomic E-state index is 12.8. The van der Waals surface area contributed by atoms with Crippen LogP contribution in [0.25, 0.3) is 11.1 Å². The molecule has 0 radical (unpaired) electrons. The molecular formula is C15H18N2O6S. The molecule has 1 saturated heterocycles. The summed E-state index contributed by atoms with van der Waals surface area (Å²) in [6.45, 7) is 0.415. The van der Waals surface area contributed by atoms with Crippen molar-refractivity contribution in [3.8, 4) is 0 Å². The molecule has 3 rings (SSSR count). The Hall–Kier alpha value is -2.13. The van der Waals surface area contributed by atoms with Gasteiger partial charge in [0.05, 0.1) is 10.4 Å². The molecule has 0 aliphatic carbocycles. The quantitative estimate of drug-likeness (QED) is 0.885. The Morgan fingerprint density at radius 2 is 1.83 bits per heavy atom. The van der Waals surface area contributed by atoms with Crippen molar-refractivity contribution in [2.45, 2.75) is 37.1 Å². The van der Waals surface area contributed by atoms with Gasteiger partial charge in [-0.25, -0.2) is 13.2 Å². The van der Waals surface area contributed by atoms with Gasteiger partial charge in [0.1, 0.15) is 6.54 Å². The fourth-order valence-corrected chi connectivity index (χ4v) is 4.46. The lowest BCUT2D eigenvalue weighted by Crippen LogP contribution is -2.31. The van der Waals surface area contributed by atoms with E-state index in [0.29, 0.717) is 13.1 Å². The summed E-state index contributed by atoms with van der Waals surface area (Å²) in [6.07, 6.45) is 3.67. The molecule has 0 amide bonds. The van der Waals surface area contributed by atoms with E-state index < -0.39 is 28.3 Å². The average Bonchev–Trinajstić information content (AvgIpc) is 2.72. The first-order chi connectivity index (χ1) is 11.4. The first-order valence-corrected chi connectivity index (χ1v) is 9.19. The van der Waals surface area contributed by atoms with Gasteiger partial charge in [0.25, 0.3) is 0 Å². The van der Waals surface area contributed by atoms with Crippen molar-refractivity contribution in [1.29, 1.82) is 0 Å². The lowest BCUT2D eigenvalue weighted by Gasteiger charge is -2.19. The number of fused-ring (bicyclic) bond motifs is 1. The normalized spacial score (nSPS) is 17.0. The smallest absolute Gasteiger partial charge is 0.420 e. The number of aromatic nitrogens is 1. The average molecular weight is 354 g/mol. The van der Waals surface area contributed by atoms with Crippen molar-refractivity contribution in [1.82, 2.24) is 8.87 Å². The molecule has 2 aromatic rings. The molecule has 0 unspecified atom stereocenters. The predicted octanol–water partition coefficient (Wildman–Crippen LogP) is 1.24. The van der Waals surface area contributed by atoms with Gasteiger partial charge in [-0.2, -0.15) is 4.31 Å². The molecule has 0 saturated carbocycles. The largest absolute Gasteiger partial charge is 0.480 e. The SMILES string of the molecule is O=C(O)Cn1c(=O)oc2cc(S(=O)(=O)N3CCCCCC3)ccc21. The van der Waals surface area contributed by atoms with E-state index in [1.165, 1.54) is 22.5 Å². The number of aliphatic carboxylic acids is 1. The van der Waals surface area contributed by atoms with Crippen molar-refractivity contribution in [3.63, 3.8) is 0 Å². The number of hydrogen-bond acceptors (Lipinski definition) is 5. The molecule has 1 aliphatic heterocycles. The van der Waals surface area contributed by atoms with Crippen LogP contribution in [0.2, 0.25) is 0 Å². The third kappa shape index (κ3) is 3.09. The van der Waals surface area contributed by atoms with E-state index >= 15 is 0 Å². The number of rotatable bonds is 4. The van der Waals surface area contributed by atoms with Crippen molar-refractivity contribution in [2.75, 3.05) is 13.1 Å². The predicted molar refractivity (Wildman–Crippen MR) is 85.3 cm³/mol. The molecule has 1 aliphatic rings. The summed E-state index contributed by atoms with van der Waals surface area (Å²) < 4.78 is 32.9. The van der Waals surface area contributed by atoms with Crippen molar-refractivity contribution in [2.24, 2.45) is 0 Å². The van der Waals surface area contributed by atoms with Gasteiger partial charge in [-0.3, -0.25) is 9.36 Å². The Morgan fingerprint density at radius 1 is 1.17 bits per heavy atom. The van der Waals surface area contributed by atoms with Crippen LogP contribution in [-0.4, -0.2) is 41.5 Å². The zero-order valence-electron chi connectivity index (χ0n) is 13.0. The molecule has 1 aromatic carbocycles. The molecule has 1 aromatic heterocycles. The first-order valence-electron chi connectivity index (χ1n) is 7.75. The third-order valence-electron chi connectivity index (χ3n) is 4.14. The second kappa shape index (κ2) is 6.40. The van der Waals surface area contributed by atoms with E-state index in [4.69, 9.17) is 9.52 Å². The Labute approximate surface area is 138 Å². The van der Waals surface area contributed by atoms with Crippen molar-refractivity contribution >= 4 is 27.1 Å². The molecule has 1 N–H and O–H groups in total. The minimum absolute atomic E-state index is 0.0492. The summed E-state index contributed by atoms with van der Waals surface area (Å²) in [6, 6.07) is 4.08. The Balaban J connectivity index is 2.01. The van der Waals surface area contributed by atoms with Crippen LogP contribution in [0.3, 0.4) is 0 Å². The molecule has 130 valence electrons. The van der Waals surface area contributed by atoms with Crippen LogP contribution < -0.4 is 5.76 Å². The number of benzene rings is 1. The summed E-state index contributed by atoms with van der Waals surface area (Å²) in [5.41, 5.74) is 0.328. The molecule has 0 atom stereocenters. The van der Waals surface area contributed by atoms with Crippen LogP contribution in [0.5, 0.6) is 0 Å². The van der Waals surface area contributed by atoms with Crippen LogP contribution in [0, 0.1) is 0 Å². The number of hydrogen-bond donors (Lipinski definition) is 1. The zero-order valence-corrected chi connectivity index (χ0v) is 13.8. The summed E-state index contributed by atoms with van der Waals surface area (Å²) >= 11 is 0. The van der Waals surface area contributed by atoms with E-state index in [-0.39, 0.29) is 16.0 Å².